The molecule has 0 saturated heterocycles. The summed E-state index contributed by atoms with van der Waals surface area (Å²) in [7, 11) is 0. The smallest absolute Gasteiger partial charge is 0.137 e. The first-order valence-corrected chi connectivity index (χ1v) is 6.53. The van der Waals surface area contributed by atoms with Crippen molar-refractivity contribution in [3.05, 3.63) is 46.4 Å². The summed E-state index contributed by atoms with van der Waals surface area (Å²) in [5.41, 5.74) is 1.63. The van der Waals surface area contributed by atoms with Gasteiger partial charge in [-0.3, -0.25) is 0 Å². The number of aromatic hydroxyl groups is 1. The number of nitrogens with zero attached hydrogens (tertiary/aromatic N) is 2. The lowest BCUT2D eigenvalue weighted by atomic mass is 10.2. The molecule has 0 bridgehead atoms. The maximum absolute atomic E-state index is 9.71. The molecule has 1 aromatic heterocycles. The fraction of sp³-hybridized carbons (Fsp3) is 0.286. The third-order valence-electron chi connectivity index (χ3n) is 2.89. The molecule has 2 N–H and O–H groups in total. The van der Waals surface area contributed by atoms with E-state index in [1.807, 2.05) is 26.0 Å². The number of benzene rings is 1. The molecule has 0 aliphatic heterocycles. The maximum Gasteiger partial charge on any atom is 0.137 e. The summed E-state index contributed by atoms with van der Waals surface area (Å²) in [5.74, 6) is 1.68. The molecule has 0 fully saturated rings. The lowest BCUT2D eigenvalue weighted by Gasteiger charge is -2.11. The van der Waals surface area contributed by atoms with Crippen LogP contribution in [0.25, 0.3) is 0 Å². The van der Waals surface area contributed by atoms with Gasteiger partial charge in [-0.15, -0.1) is 0 Å². The Hall–Kier alpha value is -1.81. The quantitative estimate of drug-likeness (QED) is 0.842. The predicted octanol–water partition coefficient (Wildman–Crippen LogP) is 3.32. The Morgan fingerprint density at radius 1 is 1.26 bits per heavy atom. The maximum atomic E-state index is 9.71. The molecule has 0 saturated carbocycles. The van der Waals surface area contributed by atoms with Gasteiger partial charge in [-0.2, -0.15) is 0 Å². The minimum atomic E-state index is 0.267. The van der Waals surface area contributed by atoms with Gasteiger partial charge in [0.05, 0.1) is 0 Å². The minimum Gasteiger partial charge on any atom is -0.508 e. The number of rotatable bonds is 4. The molecule has 0 atom stereocenters. The summed E-state index contributed by atoms with van der Waals surface area (Å²) in [6, 6.07) is 7.20. The van der Waals surface area contributed by atoms with E-state index in [1.165, 1.54) is 0 Å². The van der Waals surface area contributed by atoms with Crippen molar-refractivity contribution in [3.63, 3.8) is 0 Å². The number of hydrogen-bond acceptors (Lipinski definition) is 4. The number of para-hydroxylation sites is 1. The van der Waals surface area contributed by atoms with Crippen molar-refractivity contribution < 1.29 is 5.11 Å². The van der Waals surface area contributed by atoms with Crippen molar-refractivity contribution in [2.24, 2.45) is 0 Å². The third-order valence-corrected chi connectivity index (χ3v) is 3.25. The van der Waals surface area contributed by atoms with E-state index < -0.39 is 0 Å². The lowest BCUT2D eigenvalue weighted by molar-refractivity contribution is 0.469. The molecule has 0 spiro atoms. The van der Waals surface area contributed by atoms with E-state index in [0.717, 1.165) is 17.5 Å². The number of halogens is 1. The lowest BCUT2D eigenvalue weighted by Crippen LogP contribution is -2.07. The van der Waals surface area contributed by atoms with Gasteiger partial charge in [-0.1, -0.05) is 36.7 Å². The molecule has 5 heteroatoms. The van der Waals surface area contributed by atoms with Crippen LogP contribution in [0.4, 0.5) is 5.82 Å². The molecular formula is C14H16ClN3O. The van der Waals surface area contributed by atoms with Crippen LogP contribution in [-0.2, 0) is 13.0 Å². The van der Waals surface area contributed by atoms with Crippen LogP contribution in [0.3, 0.4) is 0 Å². The molecule has 2 rings (SSSR count). The third kappa shape index (κ3) is 3.15. The molecule has 0 amide bonds. The van der Waals surface area contributed by atoms with Crippen LogP contribution in [0.2, 0.25) is 5.15 Å². The highest BCUT2D eigenvalue weighted by Crippen LogP contribution is 2.22. The van der Waals surface area contributed by atoms with Gasteiger partial charge in [0, 0.05) is 24.1 Å². The van der Waals surface area contributed by atoms with Crippen LogP contribution in [0.15, 0.2) is 24.3 Å². The summed E-state index contributed by atoms with van der Waals surface area (Å²) in [6.07, 6.45) is 0.727. The monoisotopic (exact) mass is 277 g/mol. The number of nitrogens with one attached hydrogen (secondary N) is 1. The van der Waals surface area contributed by atoms with E-state index in [9.17, 15) is 5.11 Å². The predicted molar refractivity (Wildman–Crippen MR) is 76.6 cm³/mol. The van der Waals surface area contributed by atoms with Crippen molar-refractivity contribution in [2.75, 3.05) is 5.32 Å². The van der Waals surface area contributed by atoms with Crippen LogP contribution in [-0.4, -0.2) is 15.1 Å². The Balaban J connectivity index is 2.20. The second kappa shape index (κ2) is 5.89. The highest BCUT2D eigenvalue weighted by Gasteiger charge is 2.09. The molecule has 19 heavy (non-hydrogen) atoms. The SMILES string of the molecule is CCc1nc(Cl)c(C)c(NCc2ccccc2O)n1. The molecule has 0 aliphatic carbocycles. The Morgan fingerprint density at radius 2 is 2.00 bits per heavy atom. The Kier molecular flexibility index (Phi) is 4.22. The van der Waals surface area contributed by atoms with Crippen LogP contribution in [0.5, 0.6) is 5.75 Å². The number of hydrogen-bond donors (Lipinski definition) is 2. The largest absolute Gasteiger partial charge is 0.508 e. The summed E-state index contributed by atoms with van der Waals surface area (Å²) in [6.45, 7) is 4.34. The summed E-state index contributed by atoms with van der Waals surface area (Å²) < 4.78 is 0. The van der Waals surface area contributed by atoms with Gasteiger partial charge in [0.15, 0.2) is 0 Å². The van der Waals surface area contributed by atoms with Crippen molar-refractivity contribution in [1.29, 1.82) is 0 Å². The van der Waals surface area contributed by atoms with Gasteiger partial charge in [0.2, 0.25) is 0 Å². The molecule has 100 valence electrons. The van der Waals surface area contributed by atoms with Crippen LogP contribution < -0.4 is 5.32 Å². The first kappa shape index (κ1) is 13.6. The molecule has 1 heterocycles. The molecule has 4 nitrogen and oxygen atoms in total. The van der Waals surface area contributed by atoms with Crippen LogP contribution in [0.1, 0.15) is 23.9 Å². The van der Waals surface area contributed by atoms with Crippen molar-refractivity contribution >= 4 is 17.4 Å². The van der Waals surface area contributed by atoms with Crippen LogP contribution in [0, 0.1) is 6.92 Å². The van der Waals surface area contributed by atoms with E-state index in [1.54, 1.807) is 12.1 Å². The van der Waals surface area contributed by atoms with Crippen LogP contribution >= 0.6 is 11.6 Å². The summed E-state index contributed by atoms with van der Waals surface area (Å²) in [4.78, 5) is 8.60. The Morgan fingerprint density at radius 3 is 2.68 bits per heavy atom. The highest BCUT2D eigenvalue weighted by molar-refractivity contribution is 6.30. The molecule has 0 unspecified atom stereocenters. The normalized spacial score (nSPS) is 10.5. The van der Waals surface area contributed by atoms with E-state index in [0.29, 0.717) is 23.3 Å². The number of anilines is 1. The standard InChI is InChI=1S/C14H16ClN3O/c1-3-12-17-13(15)9(2)14(18-12)16-8-10-6-4-5-7-11(10)19/h4-7,19H,3,8H2,1-2H3,(H,16,17,18). The van der Waals surface area contributed by atoms with Gasteiger partial charge in [0.25, 0.3) is 0 Å². The van der Waals surface area contributed by atoms with E-state index >= 15 is 0 Å². The van der Waals surface area contributed by atoms with Crippen molar-refractivity contribution in [1.82, 2.24) is 9.97 Å². The number of aromatic nitrogens is 2. The van der Waals surface area contributed by atoms with Gasteiger partial charge >= 0.3 is 0 Å². The summed E-state index contributed by atoms with van der Waals surface area (Å²) >= 11 is 6.07. The average molecular weight is 278 g/mol. The van der Waals surface area contributed by atoms with Gasteiger partial charge < -0.3 is 10.4 Å². The van der Waals surface area contributed by atoms with Crippen molar-refractivity contribution in [3.8, 4) is 5.75 Å². The molecule has 1 aromatic carbocycles. The zero-order valence-corrected chi connectivity index (χ0v) is 11.7. The highest BCUT2D eigenvalue weighted by atomic mass is 35.5. The minimum absolute atomic E-state index is 0.267. The zero-order chi connectivity index (χ0) is 13.8. The fourth-order valence-electron chi connectivity index (χ4n) is 1.70. The first-order chi connectivity index (χ1) is 9.11. The van der Waals surface area contributed by atoms with E-state index in [2.05, 4.69) is 15.3 Å². The van der Waals surface area contributed by atoms with Gasteiger partial charge in [0.1, 0.15) is 22.5 Å². The molecular weight excluding hydrogens is 262 g/mol. The van der Waals surface area contributed by atoms with Gasteiger partial charge in [-0.05, 0) is 13.0 Å². The fourth-order valence-corrected chi connectivity index (χ4v) is 1.89. The second-order valence-electron chi connectivity index (χ2n) is 4.24. The summed E-state index contributed by atoms with van der Waals surface area (Å²) in [5, 5.41) is 13.4. The molecule has 0 aliphatic rings. The number of phenolic OH excluding ortho intramolecular Hbond substituents is 1. The first-order valence-electron chi connectivity index (χ1n) is 6.15. The average Bonchev–Trinajstić information content (AvgIpc) is 2.42. The Bertz CT molecular complexity index is 587. The molecule has 0 radical (unpaired) electrons. The Labute approximate surface area is 117 Å². The number of phenols is 1. The van der Waals surface area contributed by atoms with Crippen molar-refractivity contribution in [2.45, 2.75) is 26.8 Å². The van der Waals surface area contributed by atoms with E-state index in [4.69, 9.17) is 11.6 Å². The topological polar surface area (TPSA) is 58.0 Å². The van der Waals surface area contributed by atoms with Gasteiger partial charge in [-0.25, -0.2) is 9.97 Å². The zero-order valence-electron chi connectivity index (χ0n) is 10.9. The molecule has 2 aromatic rings. The second-order valence-corrected chi connectivity index (χ2v) is 4.60. The number of aryl methyl sites for hydroxylation is 1. The van der Waals surface area contributed by atoms with E-state index in [-0.39, 0.29) is 5.75 Å².